The molecule has 3 heteroatoms. The highest BCUT2D eigenvalue weighted by Gasteiger charge is 2.12. The number of hydrogen-bond donors (Lipinski definition) is 1. The van der Waals surface area contributed by atoms with Gasteiger partial charge in [0.2, 0.25) is 0 Å². The second-order valence-corrected chi connectivity index (χ2v) is 5.73. The molecule has 1 rings (SSSR count). The standard InChI is InChI=1S/C14H26N2S/c1-5-7-8-13(6-2)9-15-11(3)14-12(4)16-10-17-14/h10-11,13,15H,5-9H2,1-4H3. The van der Waals surface area contributed by atoms with Crippen LogP contribution < -0.4 is 5.32 Å². The van der Waals surface area contributed by atoms with Gasteiger partial charge in [0.25, 0.3) is 0 Å². The van der Waals surface area contributed by atoms with Crippen LogP contribution in [0.25, 0.3) is 0 Å². The molecule has 0 aliphatic carbocycles. The first-order valence-electron chi connectivity index (χ1n) is 6.82. The van der Waals surface area contributed by atoms with E-state index in [0.29, 0.717) is 6.04 Å². The Labute approximate surface area is 110 Å². The monoisotopic (exact) mass is 254 g/mol. The van der Waals surface area contributed by atoms with Gasteiger partial charge in [-0.15, -0.1) is 11.3 Å². The van der Waals surface area contributed by atoms with Crippen molar-refractivity contribution in [1.29, 1.82) is 0 Å². The summed E-state index contributed by atoms with van der Waals surface area (Å²) in [6, 6.07) is 0.443. The van der Waals surface area contributed by atoms with Gasteiger partial charge in [-0.1, -0.05) is 33.1 Å². The molecule has 2 atom stereocenters. The maximum Gasteiger partial charge on any atom is 0.0798 e. The summed E-state index contributed by atoms with van der Waals surface area (Å²) in [5, 5.41) is 3.66. The summed E-state index contributed by atoms with van der Waals surface area (Å²) >= 11 is 1.76. The van der Waals surface area contributed by atoms with Crippen LogP contribution in [0.3, 0.4) is 0 Å². The topological polar surface area (TPSA) is 24.9 Å². The predicted octanol–water partition coefficient (Wildman–Crippen LogP) is 4.32. The van der Waals surface area contributed by atoms with Crippen LogP contribution >= 0.6 is 11.3 Å². The van der Waals surface area contributed by atoms with Gasteiger partial charge < -0.3 is 5.32 Å². The molecule has 0 saturated heterocycles. The van der Waals surface area contributed by atoms with Gasteiger partial charge in [-0.3, -0.25) is 0 Å². The van der Waals surface area contributed by atoms with E-state index in [2.05, 4.69) is 38.0 Å². The Morgan fingerprint density at radius 3 is 2.71 bits per heavy atom. The fourth-order valence-electron chi connectivity index (χ4n) is 2.11. The third-order valence-electron chi connectivity index (χ3n) is 3.43. The molecule has 2 nitrogen and oxygen atoms in total. The SMILES string of the molecule is CCCCC(CC)CNC(C)c1scnc1C. The van der Waals surface area contributed by atoms with Crippen molar-refractivity contribution in [2.24, 2.45) is 5.92 Å². The molecule has 0 aliphatic heterocycles. The van der Waals surface area contributed by atoms with Crippen LogP contribution in [0.15, 0.2) is 5.51 Å². The van der Waals surface area contributed by atoms with Gasteiger partial charge in [-0.25, -0.2) is 4.98 Å². The quantitative estimate of drug-likeness (QED) is 0.747. The molecule has 1 aromatic heterocycles. The Morgan fingerprint density at radius 2 is 2.18 bits per heavy atom. The molecule has 0 fully saturated rings. The third kappa shape index (κ3) is 4.76. The number of nitrogens with one attached hydrogen (secondary N) is 1. The van der Waals surface area contributed by atoms with Crippen molar-refractivity contribution in [3.8, 4) is 0 Å². The molecule has 17 heavy (non-hydrogen) atoms. The largest absolute Gasteiger partial charge is 0.309 e. The zero-order valence-electron chi connectivity index (χ0n) is 11.6. The van der Waals surface area contributed by atoms with Crippen molar-refractivity contribution >= 4 is 11.3 Å². The molecular formula is C14H26N2S. The number of aromatic nitrogens is 1. The van der Waals surface area contributed by atoms with Crippen LogP contribution in [0.4, 0.5) is 0 Å². The van der Waals surface area contributed by atoms with E-state index >= 15 is 0 Å². The van der Waals surface area contributed by atoms with Crippen LogP contribution in [0, 0.1) is 12.8 Å². The molecule has 0 bridgehead atoms. The summed E-state index contributed by atoms with van der Waals surface area (Å²) < 4.78 is 0. The van der Waals surface area contributed by atoms with E-state index < -0.39 is 0 Å². The van der Waals surface area contributed by atoms with Gasteiger partial charge in [-0.2, -0.15) is 0 Å². The molecule has 1 aromatic rings. The molecule has 0 aliphatic rings. The molecule has 0 saturated carbocycles. The van der Waals surface area contributed by atoms with E-state index in [1.807, 2.05) is 5.51 Å². The van der Waals surface area contributed by atoms with E-state index in [4.69, 9.17) is 0 Å². The first-order valence-corrected chi connectivity index (χ1v) is 7.70. The van der Waals surface area contributed by atoms with Gasteiger partial charge in [0.05, 0.1) is 11.2 Å². The molecule has 0 spiro atoms. The Hall–Kier alpha value is -0.410. The Kier molecular flexibility index (Phi) is 6.75. The van der Waals surface area contributed by atoms with Gasteiger partial charge in [0.1, 0.15) is 0 Å². The maximum absolute atomic E-state index is 4.31. The average Bonchev–Trinajstić information content (AvgIpc) is 2.75. The minimum Gasteiger partial charge on any atom is -0.309 e. The van der Waals surface area contributed by atoms with Crippen LogP contribution in [0.5, 0.6) is 0 Å². The second kappa shape index (κ2) is 7.83. The first kappa shape index (κ1) is 14.7. The Balaban J connectivity index is 2.36. The molecule has 98 valence electrons. The zero-order valence-corrected chi connectivity index (χ0v) is 12.4. The number of hydrogen-bond acceptors (Lipinski definition) is 3. The van der Waals surface area contributed by atoms with E-state index in [-0.39, 0.29) is 0 Å². The van der Waals surface area contributed by atoms with Crippen molar-refractivity contribution < 1.29 is 0 Å². The van der Waals surface area contributed by atoms with Crippen molar-refractivity contribution in [2.45, 2.75) is 59.4 Å². The lowest BCUT2D eigenvalue weighted by Gasteiger charge is -2.19. The number of aryl methyl sites for hydroxylation is 1. The predicted molar refractivity (Wildman–Crippen MR) is 76.6 cm³/mol. The Morgan fingerprint density at radius 1 is 1.41 bits per heavy atom. The molecule has 1 heterocycles. The highest BCUT2D eigenvalue weighted by Crippen LogP contribution is 2.22. The lowest BCUT2D eigenvalue weighted by molar-refractivity contribution is 0.399. The van der Waals surface area contributed by atoms with Gasteiger partial charge in [0.15, 0.2) is 0 Å². The average molecular weight is 254 g/mol. The highest BCUT2D eigenvalue weighted by atomic mass is 32.1. The molecule has 0 radical (unpaired) electrons. The van der Waals surface area contributed by atoms with E-state index in [1.54, 1.807) is 11.3 Å². The van der Waals surface area contributed by atoms with Crippen molar-refractivity contribution in [2.75, 3.05) is 6.54 Å². The van der Waals surface area contributed by atoms with Crippen LogP contribution in [0.1, 0.15) is 63.1 Å². The third-order valence-corrected chi connectivity index (χ3v) is 4.55. The lowest BCUT2D eigenvalue weighted by atomic mass is 9.99. The maximum atomic E-state index is 4.31. The van der Waals surface area contributed by atoms with Crippen LogP contribution in [0.2, 0.25) is 0 Å². The number of thiazole rings is 1. The van der Waals surface area contributed by atoms with Crippen LogP contribution in [-0.4, -0.2) is 11.5 Å². The summed E-state index contributed by atoms with van der Waals surface area (Å²) in [6.45, 7) is 10.0. The zero-order chi connectivity index (χ0) is 12.7. The summed E-state index contributed by atoms with van der Waals surface area (Å²) in [5.74, 6) is 0.825. The number of nitrogens with zero attached hydrogens (tertiary/aromatic N) is 1. The first-order chi connectivity index (χ1) is 8.19. The fourth-order valence-corrected chi connectivity index (χ4v) is 2.94. The van der Waals surface area contributed by atoms with Gasteiger partial charge >= 0.3 is 0 Å². The minimum absolute atomic E-state index is 0.443. The summed E-state index contributed by atoms with van der Waals surface area (Å²) in [5.41, 5.74) is 3.12. The fraction of sp³-hybridized carbons (Fsp3) is 0.786. The smallest absolute Gasteiger partial charge is 0.0798 e. The Bertz CT molecular complexity index is 309. The number of unbranched alkanes of at least 4 members (excludes halogenated alkanes) is 1. The minimum atomic E-state index is 0.443. The molecule has 0 amide bonds. The van der Waals surface area contributed by atoms with Gasteiger partial charge in [0, 0.05) is 10.9 Å². The van der Waals surface area contributed by atoms with E-state index in [9.17, 15) is 0 Å². The van der Waals surface area contributed by atoms with Crippen LogP contribution in [-0.2, 0) is 0 Å². The molecular weight excluding hydrogens is 228 g/mol. The summed E-state index contributed by atoms with van der Waals surface area (Å²) in [4.78, 5) is 5.70. The normalized spacial score (nSPS) is 14.8. The van der Waals surface area contributed by atoms with Crippen molar-refractivity contribution in [3.63, 3.8) is 0 Å². The molecule has 2 unspecified atom stereocenters. The van der Waals surface area contributed by atoms with E-state index in [0.717, 1.165) is 12.5 Å². The van der Waals surface area contributed by atoms with Crippen molar-refractivity contribution in [3.05, 3.63) is 16.1 Å². The lowest BCUT2D eigenvalue weighted by Crippen LogP contribution is -2.25. The van der Waals surface area contributed by atoms with E-state index in [1.165, 1.54) is 36.3 Å². The molecule has 1 N–H and O–H groups in total. The number of rotatable bonds is 8. The highest BCUT2D eigenvalue weighted by molar-refractivity contribution is 7.09. The summed E-state index contributed by atoms with van der Waals surface area (Å²) in [7, 11) is 0. The second-order valence-electron chi connectivity index (χ2n) is 4.85. The summed E-state index contributed by atoms with van der Waals surface area (Å²) in [6.07, 6.45) is 5.30. The van der Waals surface area contributed by atoms with Crippen molar-refractivity contribution in [1.82, 2.24) is 10.3 Å². The van der Waals surface area contributed by atoms with Gasteiger partial charge in [-0.05, 0) is 32.7 Å². The molecule has 0 aromatic carbocycles.